The number of halogens is 2. The Morgan fingerprint density at radius 2 is 1.95 bits per heavy atom. The van der Waals surface area contributed by atoms with E-state index in [4.69, 9.17) is 4.74 Å². The highest BCUT2D eigenvalue weighted by molar-refractivity contribution is 5.47. The van der Waals surface area contributed by atoms with Gasteiger partial charge >= 0.3 is 0 Å². The average Bonchev–Trinajstić information content (AvgIpc) is 2.76. The van der Waals surface area contributed by atoms with Crippen LogP contribution in [0.25, 0.3) is 0 Å². The average molecular weight is 290 g/mol. The first-order chi connectivity index (χ1) is 9.90. The van der Waals surface area contributed by atoms with E-state index < -0.39 is 17.7 Å². The maximum Gasteiger partial charge on any atom is 0.164 e. The Labute approximate surface area is 122 Å². The van der Waals surface area contributed by atoms with Crippen LogP contribution in [-0.4, -0.2) is 11.7 Å². The lowest BCUT2D eigenvalue weighted by molar-refractivity contribution is 0.213. The Morgan fingerprint density at radius 1 is 1.19 bits per heavy atom. The summed E-state index contributed by atoms with van der Waals surface area (Å²) in [4.78, 5) is 0. The molecule has 0 bridgehead atoms. The Hall–Kier alpha value is -1.94. The number of ether oxygens (including phenoxy) is 1. The third-order valence-corrected chi connectivity index (χ3v) is 3.91. The molecule has 0 aliphatic carbocycles. The van der Waals surface area contributed by atoms with Gasteiger partial charge in [-0.1, -0.05) is 32.0 Å². The van der Waals surface area contributed by atoms with Crippen molar-refractivity contribution in [3.05, 3.63) is 64.7 Å². The number of aliphatic hydroxyl groups is 1. The van der Waals surface area contributed by atoms with Crippen LogP contribution in [0.3, 0.4) is 0 Å². The molecule has 2 aromatic carbocycles. The van der Waals surface area contributed by atoms with Gasteiger partial charge in [-0.2, -0.15) is 0 Å². The summed E-state index contributed by atoms with van der Waals surface area (Å²) in [6.07, 6.45) is -1.21. The molecule has 2 nitrogen and oxygen atoms in total. The summed E-state index contributed by atoms with van der Waals surface area (Å²) in [5.74, 6) is -1.20. The number of hydrogen-bond acceptors (Lipinski definition) is 2. The molecule has 1 unspecified atom stereocenters. The molecule has 2 aromatic rings. The zero-order valence-electron chi connectivity index (χ0n) is 11.9. The van der Waals surface area contributed by atoms with Crippen molar-refractivity contribution < 1.29 is 18.6 Å². The fourth-order valence-corrected chi connectivity index (χ4v) is 2.62. The molecule has 0 saturated heterocycles. The van der Waals surface area contributed by atoms with Crippen molar-refractivity contribution in [2.24, 2.45) is 0 Å². The first kappa shape index (κ1) is 14.0. The van der Waals surface area contributed by atoms with Crippen LogP contribution in [0.4, 0.5) is 8.78 Å². The van der Waals surface area contributed by atoms with Crippen molar-refractivity contribution in [2.75, 3.05) is 6.61 Å². The highest BCUT2D eigenvalue weighted by atomic mass is 19.2. The molecular formula is C17H16F2O2. The van der Waals surface area contributed by atoms with Crippen molar-refractivity contribution >= 4 is 0 Å². The van der Waals surface area contributed by atoms with E-state index in [1.165, 1.54) is 12.1 Å². The van der Waals surface area contributed by atoms with E-state index in [-0.39, 0.29) is 11.0 Å². The summed E-state index contributed by atoms with van der Waals surface area (Å²) in [5.41, 5.74) is 1.27. The van der Waals surface area contributed by atoms with Crippen LogP contribution >= 0.6 is 0 Å². The molecule has 21 heavy (non-hydrogen) atoms. The lowest BCUT2D eigenvalue weighted by Gasteiger charge is -2.18. The minimum atomic E-state index is -1.21. The largest absolute Gasteiger partial charge is 0.492 e. The highest BCUT2D eigenvalue weighted by Crippen LogP contribution is 2.40. The summed E-state index contributed by atoms with van der Waals surface area (Å²) in [5, 5.41) is 10.4. The van der Waals surface area contributed by atoms with Gasteiger partial charge in [0.05, 0.1) is 6.61 Å². The molecule has 1 atom stereocenters. The molecule has 0 saturated carbocycles. The molecule has 4 heteroatoms. The van der Waals surface area contributed by atoms with Gasteiger partial charge in [-0.25, -0.2) is 8.78 Å². The molecule has 1 heterocycles. The maximum absolute atomic E-state index is 13.8. The molecule has 1 aliphatic heterocycles. The summed E-state index contributed by atoms with van der Waals surface area (Å²) >= 11 is 0. The third kappa shape index (κ3) is 2.29. The van der Waals surface area contributed by atoms with Gasteiger partial charge in [0.1, 0.15) is 11.9 Å². The molecule has 0 fully saturated rings. The number of aliphatic hydroxyl groups excluding tert-OH is 1. The lowest BCUT2D eigenvalue weighted by Crippen LogP contribution is -2.18. The smallest absolute Gasteiger partial charge is 0.164 e. The Balaban J connectivity index is 2.03. The minimum absolute atomic E-state index is 0.0633. The first-order valence-electron chi connectivity index (χ1n) is 6.79. The molecule has 1 aliphatic rings. The highest BCUT2D eigenvalue weighted by Gasteiger charge is 2.32. The SMILES string of the molecule is CC1(C)COc2ccc(C(O)c3cccc(F)c3F)cc21. The molecule has 3 rings (SSSR count). The molecule has 1 N–H and O–H groups in total. The van der Waals surface area contributed by atoms with E-state index in [1.54, 1.807) is 18.2 Å². The van der Waals surface area contributed by atoms with Crippen LogP contribution in [0.15, 0.2) is 36.4 Å². The summed E-state index contributed by atoms with van der Waals surface area (Å²) < 4.78 is 32.7. The van der Waals surface area contributed by atoms with Crippen LogP contribution in [0.1, 0.15) is 36.6 Å². The molecule has 110 valence electrons. The van der Waals surface area contributed by atoms with Gasteiger partial charge in [0.2, 0.25) is 0 Å². The second kappa shape index (κ2) is 4.81. The van der Waals surface area contributed by atoms with E-state index in [0.29, 0.717) is 12.2 Å². The van der Waals surface area contributed by atoms with Crippen LogP contribution in [-0.2, 0) is 5.41 Å². The van der Waals surface area contributed by atoms with Gasteiger partial charge in [-0.05, 0) is 23.8 Å². The summed E-state index contributed by atoms with van der Waals surface area (Å²) in [7, 11) is 0. The number of benzene rings is 2. The zero-order chi connectivity index (χ0) is 15.2. The minimum Gasteiger partial charge on any atom is -0.492 e. The number of rotatable bonds is 2. The van der Waals surface area contributed by atoms with Crippen molar-refractivity contribution in [3.63, 3.8) is 0 Å². The van der Waals surface area contributed by atoms with E-state index in [2.05, 4.69) is 0 Å². The van der Waals surface area contributed by atoms with E-state index in [1.807, 2.05) is 13.8 Å². The monoisotopic (exact) mass is 290 g/mol. The van der Waals surface area contributed by atoms with Crippen LogP contribution in [0, 0.1) is 11.6 Å². The van der Waals surface area contributed by atoms with Crippen molar-refractivity contribution in [1.29, 1.82) is 0 Å². The molecule has 0 amide bonds. The maximum atomic E-state index is 13.8. The Kier molecular flexibility index (Phi) is 3.21. The standard InChI is InChI=1S/C17H16F2O2/c1-17(2)9-21-14-7-6-10(8-12(14)17)16(20)11-4-3-5-13(18)15(11)19/h3-8,16,20H,9H2,1-2H3. The van der Waals surface area contributed by atoms with E-state index in [9.17, 15) is 13.9 Å². The Morgan fingerprint density at radius 3 is 2.71 bits per heavy atom. The predicted octanol–water partition coefficient (Wildman–Crippen LogP) is 3.72. The molecule has 0 spiro atoms. The van der Waals surface area contributed by atoms with Gasteiger partial charge in [0, 0.05) is 16.5 Å². The van der Waals surface area contributed by atoms with Crippen molar-refractivity contribution in [3.8, 4) is 5.75 Å². The molecule has 0 radical (unpaired) electrons. The summed E-state index contributed by atoms with van der Waals surface area (Å²) in [6, 6.07) is 9.05. The first-order valence-corrected chi connectivity index (χ1v) is 6.79. The van der Waals surface area contributed by atoms with E-state index in [0.717, 1.165) is 17.4 Å². The molecule has 0 aromatic heterocycles. The van der Waals surface area contributed by atoms with Crippen LogP contribution < -0.4 is 4.74 Å². The van der Waals surface area contributed by atoms with Gasteiger partial charge in [-0.3, -0.25) is 0 Å². The van der Waals surface area contributed by atoms with Crippen LogP contribution in [0.5, 0.6) is 5.75 Å². The van der Waals surface area contributed by atoms with Gasteiger partial charge in [0.15, 0.2) is 11.6 Å². The van der Waals surface area contributed by atoms with Crippen molar-refractivity contribution in [1.82, 2.24) is 0 Å². The van der Waals surface area contributed by atoms with Crippen LogP contribution in [0.2, 0.25) is 0 Å². The quantitative estimate of drug-likeness (QED) is 0.913. The zero-order valence-corrected chi connectivity index (χ0v) is 11.9. The fourth-order valence-electron chi connectivity index (χ4n) is 2.62. The lowest BCUT2D eigenvalue weighted by atomic mass is 9.85. The predicted molar refractivity (Wildman–Crippen MR) is 75.4 cm³/mol. The summed E-state index contributed by atoms with van der Waals surface area (Å²) in [6.45, 7) is 4.64. The number of hydrogen-bond donors (Lipinski definition) is 1. The molecular weight excluding hydrogens is 274 g/mol. The van der Waals surface area contributed by atoms with Gasteiger partial charge in [-0.15, -0.1) is 0 Å². The van der Waals surface area contributed by atoms with Gasteiger partial charge < -0.3 is 9.84 Å². The normalized spacial score (nSPS) is 17.2. The fraction of sp³-hybridized carbons (Fsp3) is 0.294. The topological polar surface area (TPSA) is 29.5 Å². The van der Waals surface area contributed by atoms with E-state index >= 15 is 0 Å². The van der Waals surface area contributed by atoms with Gasteiger partial charge in [0.25, 0.3) is 0 Å². The number of fused-ring (bicyclic) bond motifs is 1. The third-order valence-electron chi connectivity index (χ3n) is 3.91. The second-order valence-electron chi connectivity index (χ2n) is 5.97. The Bertz CT molecular complexity index is 695. The second-order valence-corrected chi connectivity index (χ2v) is 5.97. The van der Waals surface area contributed by atoms with Crippen molar-refractivity contribution in [2.45, 2.75) is 25.4 Å².